The smallest absolute Gasteiger partial charge is 0.353 e. The molecule has 0 aliphatic heterocycles. The SMILES string of the molecule is O=Cc1ccc(OC(=O)c2cccs2)cc1. The minimum atomic E-state index is -0.381. The first kappa shape index (κ1) is 10.6. The molecule has 16 heavy (non-hydrogen) atoms. The summed E-state index contributed by atoms with van der Waals surface area (Å²) in [5.41, 5.74) is 0.552. The van der Waals surface area contributed by atoms with E-state index in [1.54, 1.807) is 36.4 Å². The molecule has 0 saturated carbocycles. The Hall–Kier alpha value is -1.94. The van der Waals surface area contributed by atoms with Crippen LogP contribution in [0.25, 0.3) is 0 Å². The van der Waals surface area contributed by atoms with Crippen molar-refractivity contribution in [3.63, 3.8) is 0 Å². The zero-order chi connectivity index (χ0) is 11.4. The lowest BCUT2D eigenvalue weighted by Gasteiger charge is -2.01. The third-order valence-electron chi connectivity index (χ3n) is 1.95. The first-order valence-electron chi connectivity index (χ1n) is 4.60. The van der Waals surface area contributed by atoms with E-state index in [1.807, 2.05) is 5.38 Å². The van der Waals surface area contributed by atoms with Crippen molar-refractivity contribution in [2.45, 2.75) is 0 Å². The van der Waals surface area contributed by atoms with Gasteiger partial charge in [0.2, 0.25) is 0 Å². The molecule has 0 amide bonds. The number of carbonyl (C=O) groups excluding carboxylic acids is 2. The highest BCUT2D eigenvalue weighted by Crippen LogP contribution is 2.15. The second-order valence-corrected chi connectivity index (χ2v) is 4.00. The first-order chi connectivity index (χ1) is 7.79. The number of aldehydes is 1. The molecule has 0 aliphatic carbocycles. The Balaban J connectivity index is 2.09. The molecule has 0 spiro atoms. The predicted octanol–water partition coefficient (Wildman–Crippen LogP) is 2.78. The summed E-state index contributed by atoms with van der Waals surface area (Å²) in [4.78, 5) is 22.5. The van der Waals surface area contributed by atoms with Crippen molar-refractivity contribution in [1.82, 2.24) is 0 Å². The lowest BCUT2D eigenvalue weighted by molar-refractivity contribution is 0.0740. The monoisotopic (exact) mass is 232 g/mol. The molecular formula is C12H8O3S. The second kappa shape index (κ2) is 4.72. The standard InChI is InChI=1S/C12H8O3S/c13-8-9-3-5-10(6-4-9)15-12(14)11-2-1-7-16-11/h1-8H. The maximum Gasteiger partial charge on any atom is 0.353 e. The van der Waals surface area contributed by atoms with Crippen LogP contribution in [-0.2, 0) is 0 Å². The third kappa shape index (κ3) is 2.35. The Morgan fingerprint density at radius 2 is 1.94 bits per heavy atom. The highest BCUT2D eigenvalue weighted by Gasteiger charge is 2.08. The van der Waals surface area contributed by atoms with Gasteiger partial charge in [-0.3, -0.25) is 4.79 Å². The van der Waals surface area contributed by atoms with Crippen LogP contribution in [0.15, 0.2) is 41.8 Å². The van der Waals surface area contributed by atoms with Crippen LogP contribution < -0.4 is 4.74 Å². The average molecular weight is 232 g/mol. The fraction of sp³-hybridized carbons (Fsp3) is 0. The van der Waals surface area contributed by atoms with Crippen LogP contribution in [-0.4, -0.2) is 12.3 Å². The van der Waals surface area contributed by atoms with Gasteiger partial charge in [-0.1, -0.05) is 6.07 Å². The molecular weight excluding hydrogens is 224 g/mol. The molecule has 1 aromatic carbocycles. The van der Waals surface area contributed by atoms with Gasteiger partial charge in [0.15, 0.2) is 0 Å². The number of rotatable bonds is 3. The van der Waals surface area contributed by atoms with Gasteiger partial charge in [-0.2, -0.15) is 0 Å². The van der Waals surface area contributed by atoms with Gasteiger partial charge in [-0.15, -0.1) is 11.3 Å². The van der Waals surface area contributed by atoms with Gasteiger partial charge in [0.1, 0.15) is 16.9 Å². The van der Waals surface area contributed by atoms with E-state index in [-0.39, 0.29) is 5.97 Å². The van der Waals surface area contributed by atoms with Crippen LogP contribution in [0.2, 0.25) is 0 Å². The lowest BCUT2D eigenvalue weighted by atomic mass is 10.2. The Labute approximate surface area is 96.3 Å². The van der Waals surface area contributed by atoms with Crippen LogP contribution in [0.4, 0.5) is 0 Å². The van der Waals surface area contributed by atoms with E-state index in [1.165, 1.54) is 11.3 Å². The highest BCUT2D eigenvalue weighted by atomic mass is 32.1. The number of hydrogen-bond acceptors (Lipinski definition) is 4. The molecule has 1 heterocycles. The summed E-state index contributed by atoms with van der Waals surface area (Å²) in [6.07, 6.45) is 0.741. The van der Waals surface area contributed by atoms with Crippen molar-refractivity contribution in [2.24, 2.45) is 0 Å². The zero-order valence-corrected chi connectivity index (χ0v) is 9.07. The van der Waals surface area contributed by atoms with Crippen molar-refractivity contribution in [2.75, 3.05) is 0 Å². The van der Waals surface area contributed by atoms with Crippen LogP contribution in [0, 0.1) is 0 Å². The van der Waals surface area contributed by atoms with Crippen LogP contribution in [0.5, 0.6) is 5.75 Å². The Morgan fingerprint density at radius 1 is 1.19 bits per heavy atom. The van der Waals surface area contributed by atoms with Gasteiger partial charge in [0.05, 0.1) is 0 Å². The summed E-state index contributed by atoms with van der Waals surface area (Å²) in [6, 6.07) is 9.88. The first-order valence-corrected chi connectivity index (χ1v) is 5.48. The van der Waals surface area contributed by atoms with Crippen LogP contribution in [0.1, 0.15) is 20.0 Å². The zero-order valence-electron chi connectivity index (χ0n) is 8.25. The molecule has 0 aliphatic rings. The molecule has 0 saturated heterocycles. The summed E-state index contributed by atoms with van der Waals surface area (Å²) in [6.45, 7) is 0. The van der Waals surface area contributed by atoms with Gasteiger partial charge in [0, 0.05) is 5.56 Å². The summed E-state index contributed by atoms with van der Waals surface area (Å²) in [7, 11) is 0. The van der Waals surface area contributed by atoms with Gasteiger partial charge >= 0.3 is 5.97 Å². The Morgan fingerprint density at radius 3 is 2.50 bits per heavy atom. The van der Waals surface area contributed by atoms with Crippen molar-refractivity contribution >= 4 is 23.6 Å². The molecule has 0 bridgehead atoms. The number of esters is 1. The summed E-state index contributed by atoms with van der Waals surface area (Å²) < 4.78 is 5.11. The normalized spacial score (nSPS) is 9.75. The second-order valence-electron chi connectivity index (χ2n) is 3.05. The van der Waals surface area contributed by atoms with Crippen molar-refractivity contribution in [3.05, 3.63) is 52.2 Å². The minimum Gasteiger partial charge on any atom is -0.422 e. The summed E-state index contributed by atoms with van der Waals surface area (Å²) >= 11 is 1.33. The molecule has 0 radical (unpaired) electrons. The topological polar surface area (TPSA) is 43.4 Å². The fourth-order valence-electron chi connectivity index (χ4n) is 1.17. The van der Waals surface area contributed by atoms with E-state index in [9.17, 15) is 9.59 Å². The molecule has 0 fully saturated rings. The van der Waals surface area contributed by atoms with E-state index in [2.05, 4.69) is 0 Å². The molecule has 0 N–H and O–H groups in total. The number of ether oxygens (including phenoxy) is 1. The quantitative estimate of drug-likeness (QED) is 0.464. The molecule has 80 valence electrons. The molecule has 1 aromatic heterocycles. The van der Waals surface area contributed by atoms with Crippen molar-refractivity contribution in [3.8, 4) is 5.75 Å². The summed E-state index contributed by atoms with van der Waals surface area (Å²) in [5.74, 6) is 0.0536. The van der Waals surface area contributed by atoms with Gasteiger partial charge in [0.25, 0.3) is 0 Å². The Bertz CT molecular complexity index is 485. The molecule has 0 unspecified atom stereocenters. The van der Waals surface area contributed by atoms with Crippen molar-refractivity contribution < 1.29 is 14.3 Å². The maximum absolute atomic E-state index is 11.5. The van der Waals surface area contributed by atoms with Crippen LogP contribution >= 0.6 is 11.3 Å². The van der Waals surface area contributed by atoms with E-state index >= 15 is 0 Å². The van der Waals surface area contributed by atoms with Crippen LogP contribution in [0.3, 0.4) is 0 Å². The average Bonchev–Trinajstić information content (AvgIpc) is 2.83. The number of thiophene rings is 1. The molecule has 0 atom stereocenters. The highest BCUT2D eigenvalue weighted by molar-refractivity contribution is 7.12. The molecule has 3 nitrogen and oxygen atoms in total. The fourth-order valence-corrected chi connectivity index (χ4v) is 1.77. The third-order valence-corrected chi connectivity index (χ3v) is 2.80. The van der Waals surface area contributed by atoms with E-state index < -0.39 is 0 Å². The molecule has 2 rings (SSSR count). The van der Waals surface area contributed by atoms with E-state index in [4.69, 9.17) is 4.74 Å². The van der Waals surface area contributed by atoms with Gasteiger partial charge < -0.3 is 4.74 Å². The summed E-state index contributed by atoms with van der Waals surface area (Å²) in [5, 5.41) is 1.81. The Kier molecular flexibility index (Phi) is 3.12. The lowest BCUT2D eigenvalue weighted by Crippen LogP contribution is -2.06. The maximum atomic E-state index is 11.5. The minimum absolute atomic E-state index is 0.381. The molecule has 2 aromatic rings. The van der Waals surface area contributed by atoms with Gasteiger partial charge in [-0.05, 0) is 35.7 Å². The van der Waals surface area contributed by atoms with Crippen molar-refractivity contribution in [1.29, 1.82) is 0 Å². The number of benzene rings is 1. The number of hydrogen-bond donors (Lipinski definition) is 0. The largest absolute Gasteiger partial charge is 0.422 e. The van der Waals surface area contributed by atoms with E-state index in [0.29, 0.717) is 16.2 Å². The van der Waals surface area contributed by atoms with E-state index in [0.717, 1.165) is 6.29 Å². The van der Waals surface area contributed by atoms with Gasteiger partial charge in [-0.25, -0.2) is 4.79 Å². The predicted molar refractivity (Wildman–Crippen MR) is 61.1 cm³/mol. The number of carbonyl (C=O) groups is 2. The molecule has 4 heteroatoms.